The molecule has 2 rings (SSSR count). The summed E-state index contributed by atoms with van der Waals surface area (Å²) < 4.78 is 77.4. The van der Waals surface area contributed by atoms with Crippen LogP contribution in [0.3, 0.4) is 0 Å². The molecule has 0 aromatic heterocycles. The van der Waals surface area contributed by atoms with Crippen molar-refractivity contribution in [2.24, 2.45) is 0 Å². The van der Waals surface area contributed by atoms with Crippen LogP contribution >= 0.6 is 0 Å². The Balaban J connectivity index is 2.49. The van der Waals surface area contributed by atoms with Gasteiger partial charge in [-0.3, -0.25) is 0 Å². The zero-order valence-electron chi connectivity index (χ0n) is 10.3. The Labute approximate surface area is 115 Å². The number of aliphatic hydroxyl groups is 1. The highest BCUT2D eigenvalue weighted by Crippen LogP contribution is 2.34. The molecule has 0 saturated carbocycles. The molecule has 0 fully saturated rings. The van der Waals surface area contributed by atoms with E-state index >= 15 is 0 Å². The highest BCUT2D eigenvalue weighted by atomic mass is 19.4. The van der Waals surface area contributed by atoms with Crippen molar-refractivity contribution in [1.29, 1.82) is 0 Å². The molecule has 2 aromatic rings. The van der Waals surface area contributed by atoms with Gasteiger partial charge in [0.05, 0.1) is 5.56 Å². The molecule has 0 aliphatic rings. The van der Waals surface area contributed by atoms with E-state index in [1.54, 1.807) is 0 Å². The van der Waals surface area contributed by atoms with Gasteiger partial charge in [-0.15, -0.1) is 0 Å². The molecule has 1 atom stereocenters. The minimum Gasteiger partial charge on any atom is -0.384 e. The van der Waals surface area contributed by atoms with E-state index in [0.29, 0.717) is 18.2 Å². The second kappa shape index (κ2) is 5.40. The molecule has 1 nitrogen and oxygen atoms in total. The van der Waals surface area contributed by atoms with E-state index in [2.05, 4.69) is 0 Å². The van der Waals surface area contributed by atoms with Gasteiger partial charge in [-0.25, -0.2) is 13.2 Å². The molecule has 0 saturated heterocycles. The lowest BCUT2D eigenvalue weighted by molar-refractivity contribution is -0.140. The molecule has 0 bridgehead atoms. The van der Waals surface area contributed by atoms with Crippen LogP contribution in [0.4, 0.5) is 26.3 Å². The van der Waals surface area contributed by atoms with Crippen molar-refractivity contribution in [1.82, 2.24) is 0 Å². The lowest BCUT2D eigenvalue weighted by Gasteiger charge is -2.15. The lowest BCUT2D eigenvalue weighted by atomic mass is 9.98. The van der Waals surface area contributed by atoms with Gasteiger partial charge in [-0.1, -0.05) is 6.07 Å². The first-order valence-electron chi connectivity index (χ1n) is 5.70. The molecular formula is C14H8F6O. The van der Waals surface area contributed by atoms with Gasteiger partial charge >= 0.3 is 6.18 Å². The Bertz CT molecular complexity index is 665. The predicted molar refractivity (Wildman–Crippen MR) is 61.8 cm³/mol. The lowest BCUT2D eigenvalue weighted by Crippen LogP contribution is -2.11. The Morgan fingerprint density at radius 3 is 2.10 bits per heavy atom. The summed E-state index contributed by atoms with van der Waals surface area (Å²) in [6.45, 7) is 0. The van der Waals surface area contributed by atoms with Crippen LogP contribution in [-0.4, -0.2) is 5.11 Å². The molecule has 21 heavy (non-hydrogen) atoms. The number of aliphatic hydroxyl groups excluding tert-OH is 1. The van der Waals surface area contributed by atoms with Gasteiger partial charge in [0.1, 0.15) is 23.6 Å². The molecule has 2 aromatic carbocycles. The van der Waals surface area contributed by atoms with Crippen LogP contribution in [0.25, 0.3) is 0 Å². The van der Waals surface area contributed by atoms with Crippen molar-refractivity contribution in [2.75, 3.05) is 0 Å². The van der Waals surface area contributed by atoms with Crippen molar-refractivity contribution in [3.8, 4) is 0 Å². The third-order valence-corrected chi connectivity index (χ3v) is 2.86. The van der Waals surface area contributed by atoms with Gasteiger partial charge < -0.3 is 5.11 Å². The van der Waals surface area contributed by atoms with Crippen LogP contribution in [-0.2, 0) is 6.18 Å². The topological polar surface area (TPSA) is 20.2 Å². The van der Waals surface area contributed by atoms with E-state index in [4.69, 9.17) is 0 Å². The molecule has 0 aliphatic carbocycles. The van der Waals surface area contributed by atoms with Crippen molar-refractivity contribution in [2.45, 2.75) is 12.3 Å². The number of benzene rings is 2. The Morgan fingerprint density at radius 2 is 1.48 bits per heavy atom. The van der Waals surface area contributed by atoms with Crippen LogP contribution < -0.4 is 0 Å². The zero-order chi connectivity index (χ0) is 15.8. The van der Waals surface area contributed by atoms with Crippen LogP contribution in [0, 0.1) is 17.5 Å². The first-order chi connectivity index (χ1) is 9.70. The third-order valence-electron chi connectivity index (χ3n) is 2.86. The highest BCUT2D eigenvalue weighted by molar-refractivity contribution is 5.35. The minimum atomic E-state index is -4.96. The monoisotopic (exact) mass is 306 g/mol. The maximum absolute atomic E-state index is 13.5. The average Bonchev–Trinajstić information content (AvgIpc) is 2.40. The fourth-order valence-corrected chi connectivity index (χ4v) is 1.83. The van der Waals surface area contributed by atoms with Crippen molar-refractivity contribution in [3.63, 3.8) is 0 Å². The number of rotatable bonds is 2. The summed E-state index contributed by atoms with van der Waals surface area (Å²) in [5, 5.41) is 9.88. The summed E-state index contributed by atoms with van der Waals surface area (Å²) in [6.07, 6.45) is -6.80. The summed E-state index contributed by atoms with van der Waals surface area (Å²) in [5.41, 5.74) is -2.51. The van der Waals surface area contributed by atoms with Gasteiger partial charge in [-0.05, 0) is 35.9 Å². The van der Waals surface area contributed by atoms with Crippen molar-refractivity contribution >= 4 is 0 Å². The normalized spacial score (nSPS) is 13.3. The van der Waals surface area contributed by atoms with E-state index < -0.39 is 46.4 Å². The number of halogens is 6. The molecule has 1 unspecified atom stereocenters. The zero-order valence-corrected chi connectivity index (χ0v) is 10.3. The molecule has 0 aliphatic heterocycles. The van der Waals surface area contributed by atoms with E-state index in [0.717, 1.165) is 18.2 Å². The first-order valence-corrected chi connectivity index (χ1v) is 5.70. The Morgan fingerprint density at radius 1 is 0.857 bits per heavy atom. The van der Waals surface area contributed by atoms with Crippen LogP contribution in [0.2, 0.25) is 0 Å². The second-order valence-corrected chi connectivity index (χ2v) is 4.31. The van der Waals surface area contributed by atoms with Gasteiger partial charge in [-0.2, -0.15) is 13.2 Å². The Kier molecular flexibility index (Phi) is 3.95. The number of hydrogen-bond acceptors (Lipinski definition) is 1. The van der Waals surface area contributed by atoms with Crippen molar-refractivity contribution < 1.29 is 31.4 Å². The first kappa shape index (κ1) is 15.4. The van der Waals surface area contributed by atoms with Crippen molar-refractivity contribution in [3.05, 3.63) is 70.5 Å². The largest absolute Gasteiger partial charge is 0.419 e. The molecule has 1 N–H and O–H groups in total. The number of alkyl halides is 3. The highest BCUT2D eigenvalue weighted by Gasteiger charge is 2.34. The van der Waals surface area contributed by atoms with Crippen LogP contribution in [0.15, 0.2) is 36.4 Å². The fourth-order valence-electron chi connectivity index (χ4n) is 1.83. The Hall–Kier alpha value is -2.02. The summed E-state index contributed by atoms with van der Waals surface area (Å²) in [5.74, 6) is -3.36. The molecule has 0 radical (unpaired) electrons. The SMILES string of the molecule is OC(c1ccc(F)c(C(F)(F)F)c1)c1cc(F)ccc1F. The summed E-state index contributed by atoms with van der Waals surface area (Å²) in [6, 6.07) is 3.96. The van der Waals surface area contributed by atoms with E-state index in [-0.39, 0.29) is 0 Å². The minimum absolute atomic E-state index is 0.365. The van der Waals surface area contributed by atoms with Gasteiger partial charge in [0.25, 0.3) is 0 Å². The molecular weight excluding hydrogens is 298 g/mol. The van der Waals surface area contributed by atoms with E-state index in [1.165, 1.54) is 0 Å². The van der Waals surface area contributed by atoms with E-state index in [9.17, 15) is 31.4 Å². The summed E-state index contributed by atoms with van der Waals surface area (Å²) in [4.78, 5) is 0. The summed E-state index contributed by atoms with van der Waals surface area (Å²) >= 11 is 0. The maximum Gasteiger partial charge on any atom is 0.419 e. The van der Waals surface area contributed by atoms with Gasteiger partial charge in [0.2, 0.25) is 0 Å². The van der Waals surface area contributed by atoms with E-state index in [1.807, 2.05) is 0 Å². The fraction of sp³-hybridized carbons (Fsp3) is 0.143. The third kappa shape index (κ3) is 3.18. The van der Waals surface area contributed by atoms with Gasteiger partial charge in [0, 0.05) is 5.56 Å². The quantitative estimate of drug-likeness (QED) is 0.824. The molecule has 0 heterocycles. The van der Waals surface area contributed by atoms with Crippen LogP contribution in [0.5, 0.6) is 0 Å². The smallest absolute Gasteiger partial charge is 0.384 e. The predicted octanol–water partition coefficient (Wildman–Crippen LogP) is 4.20. The standard InChI is InChI=1S/C14H8F6O/c15-8-2-4-11(16)9(6-8)13(21)7-1-3-12(17)10(5-7)14(18,19)20/h1-6,13,21H. The maximum atomic E-state index is 13.5. The van der Waals surface area contributed by atoms with Gasteiger partial charge in [0.15, 0.2) is 0 Å². The average molecular weight is 306 g/mol. The molecule has 7 heteroatoms. The van der Waals surface area contributed by atoms with Crippen LogP contribution in [0.1, 0.15) is 22.8 Å². The number of hydrogen-bond donors (Lipinski definition) is 1. The molecule has 0 spiro atoms. The second-order valence-electron chi connectivity index (χ2n) is 4.31. The molecule has 0 amide bonds. The summed E-state index contributed by atoms with van der Waals surface area (Å²) in [7, 11) is 0. The molecule has 112 valence electrons.